The Morgan fingerprint density at radius 2 is 2.33 bits per heavy atom. The van der Waals surface area contributed by atoms with E-state index in [0.717, 1.165) is 24.5 Å². The molecule has 1 N–H and O–H groups in total. The summed E-state index contributed by atoms with van der Waals surface area (Å²) in [4.78, 5) is 11.8. The SMILES string of the molecule is CC(C)c1nnc(CNC(=O)C2CCCO2)n1C. The highest BCUT2D eigenvalue weighted by atomic mass is 16.5. The van der Waals surface area contributed by atoms with Gasteiger partial charge in [-0.05, 0) is 12.8 Å². The van der Waals surface area contributed by atoms with Gasteiger partial charge in [0.1, 0.15) is 11.9 Å². The fourth-order valence-corrected chi connectivity index (χ4v) is 2.10. The fourth-order valence-electron chi connectivity index (χ4n) is 2.10. The Balaban J connectivity index is 1.91. The van der Waals surface area contributed by atoms with Crippen molar-refractivity contribution in [3.63, 3.8) is 0 Å². The molecular formula is C12H20N4O2. The molecule has 0 spiro atoms. The first-order valence-corrected chi connectivity index (χ1v) is 6.37. The average Bonchev–Trinajstić information content (AvgIpc) is 2.95. The van der Waals surface area contributed by atoms with Gasteiger partial charge in [-0.15, -0.1) is 10.2 Å². The van der Waals surface area contributed by atoms with E-state index in [9.17, 15) is 4.79 Å². The van der Waals surface area contributed by atoms with Crippen molar-refractivity contribution >= 4 is 5.91 Å². The van der Waals surface area contributed by atoms with Gasteiger partial charge in [0.2, 0.25) is 5.91 Å². The van der Waals surface area contributed by atoms with E-state index in [2.05, 4.69) is 29.4 Å². The lowest BCUT2D eigenvalue weighted by atomic mass is 10.2. The number of rotatable bonds is 4. The number of aromatic nitrogens is 3. The van der Waals surface area contributed by atoms with Gasteiger partial charge in [0.15, 0.2) is 5.82 Å². The highest BCUT2D eigenvalue weighted by Gasteiger charge is 2.23. The molecule has 0 saturated carbocycles. The number of nitrogens with zero attached hydrogens (tertiary/aromatic N) is 3. The molecule has 1 aliphatic heterocycles. The van der Waals surface area contributed by atoms with Crippen LogP contribution in [0.25, 0.3) is 0 Å². The number of carbonyl (C=O) groups excluding carboxylic acids is 1. The Kier molecular flexibility index (Phi) is 3.96. The van der Waals surface area contributed by atoms with Crippen molar-refractivity contribution in [2.24, 2.45) is 7.05 Å². The minimum atomic E-state index is -0.289. The third-order valence-electron chi connectivity index (χ3n) is 3.16. The van der Waals surface area contributed by atoms with Crippen LogP contribution in [0.4, 0.5) is 0 Å². The van der Waals surface area contributed by atoms with Crippen LogP contribution in [0.1, 0.15) is 44.3 Å². The van der Waals surface area contributed by atoms with Crippen molar-refractivity contribution in [2.45, 2.75) is 45.3 Å². The topological polar surface area (TPSA) is 69.0 Å². The largest absolute Gasteiger partial charge is 0.368 e. The van der Waals surface area contributed by atoms with E-state index in [1.807, 2.05) is 11.6 Å². The van der Waals surface area contributed by atoms with Gasteiger partial charge in [-0.25, -0.2) is 0 Å². The maximum absolute atomic E-state index is 11.8. The van der Waals surface area contributed by atoms with Crippen molar-refractivity contribution in [3.05, 3.63) is 11.6 Å². The summed E-state index contributed by atoms with van der Waals surface area (Å²) in [5.41, 5.74) is 0. The van der Waals surface area contributed by atoms with Crippen LogP contribution in [0.2, 0.25) is 0 Å². The quantitative estimate of drug-likeness (QED) is 0.858. The Bertz CT molecular complexity index is 422. The maximum atomic E-state index is 11.8. The molecule has 1 saturated heterocycles. The fraction of sp³-hybridized carbons (Fsp3) is 0.750. The van der Waals surface area contributed by atoms with Crippen LogP contribution in [0.15, 0.2) is 0 Å². The van der Waals surface area contributed by atoms with Crippen LogP contribution < -0.4 is 5.32 Å². The maximum Gasteiger partial charge on any atom is 0.249 e. The first kappa shape index (κ1) is 13.0. The number of carbonyl (C=O) groups is 1. The van der Waals surface area contributed by atoms with Crippen molar-refractivity contribution in [1.29, 1.82) is 0 Å². The lowest BCUT2D eigenvalue weighted by Crippen LogP contribution is -2.34. The lowest BCUT2D eigenvalue weighted by molar-refractivity contribution is -0.130. The molecule has 2 heterocycles. The third-order valence-corrected chi connectivity index (χ3v) is 3.16. The third kappa shape index (κ3) is 2.69. The highest BCUT2D eigenvalue weighted by Crippen LogP contribution is 2.13. The summed E-state index contributed by atoms with van der Waals surface area (Å²) in [5, 5.41) is 11.1. The molecule has 1 fully saturated rings. The highest BCUT2D eigenvalue weighted by molar-refractivity contribution is 5.80. The second-order valence-corrected chi connectivity index (χ2v) is 4.91. The van der Waals surface area contributed by atoms with Gasteiger partial charge < -0.3 is 14.6 Å². The number of hydrogen-bond donors (Lipinski definition) is 1. The molecule has 1 unspecified atom stereocenters. The molecule has 1 atom stereocenters. The Hall–Kier alpha value is -1.43. The molecule has 0 bridgehead atoms. The Labute approximate surface area is 107 Å². The summed E-state index contributed by atoms with van der Waals surface area (Å²) in [5.74, 6) is 1.97. The van der Waals surface area contributed by atoms with Crippen molar-refractivity contribution in [2.75, 3.05) is 6.61 Å². The van der Waals surface area contributed by atoms with Crippen LogP contribution in [-0.2, 0) is 23.1 Å². The van der Waals surface area contributed by atoms with E-state index in [1.165, 1.54) is 0 Å². The molecule has 1 aromatic heterocycles. The van der Waals surface area contributed by atoms with Crippen molar-refractivity contribution < 1.29 is 9.53 Å². The summed E-state index contributed by atoms with van der Waals surface area (Å²) in [6.45, 7) is 5.21. The molecule has 100 valence electrons. The predicted octanol–water partition coefficient (Wildman–Crippen LogP) is 0.734. The van der Waals surface area contributed by atoms with Crippen molar-refractivity contribution in [3.8, 4) is 0 Å². The summed E-state index contributed by atoms with van der Waals surface area (Å²) >= 11 is 0. The summed E-state index contributed by atoms with van der Waals surface area (Å²) in [6, 6.07) is 0. The van der Waals surface area contributed by atoms with Crippen LogP contribution >= 0.6 is 0 Å². The first-order chi connectivity index (χ1) is 8.59. The lowest BCUT2D eigenvalue weighted by Gasteiger charge is -2.10. The number of hydrogen-bond acceptors (Lipinski definition) is 4. The summed E-state index contributed by atoms with van der Waals surface area (Å²) in [6.07, 6.45) is 1.48. The van der Waals surface area contributed by atoms with Gasteiger partial charge in [-0.1, -0.05) is 13.8 Å². The van der Waals surface area contributed by atoms with E-state index in [0.29, 0.717) is 19.1 Å². The minimum absolute atomic E-state index is 0.0541. The second-order valence-electron chi connectivity index (χ2n) is 4.91. The predicted molar refractivity (Wildman–Crippen MR) is 65.9 cm³/mol. The van der Waals surface area contributed by atoms with Gasteiger partial charge in [-0.3, -0.25) is 4.79 Å². The molecule has 6 heteroatoms. The average molecular weight is 252 g/mol. The molecule has 0 aromatic carbocycles. The van der Waals surface area contributed by atoms with Crippen LogP contribution in [0.5, 0.6) is 0 Å². The van der Waals surface area contributed by atoms with Crippen LogP contribution in [0.3, 0.4) is 0 Å². The number of nitrogens with one attached hydrogen (secondary N) is 1. The number of amides is 1. The van der Waals surface area contributed by atoms with E-state index >= 15 is 0 Å². The normalized spacial score (nSPS) is 19.4. The Morgan fingerprint density at radius 1 is 1.56 bits per heavy atom. The zero-order valence-corrected chi connectivity index (χ0v) is 11.1. The standard InChI is InChI=1S/C12H20N4O2/c1-8(2)11-15-14-10(16(11)3)7-13-12(17)9-5-4-6-18-9/h8-9H,4-7H2,1-3H3,(H,13,17). The minimum Gasteiger partial charge on any atom is -0.368 e. The molecule has 1 aliphatic rings. The van der Waals surface area contributed by atoms with Gasteiger partial charge in [-0.2, -0.15) is 0 Å². The van der Waals surface area contributed by atoms with E-state index in [1.54, 1.807) is 0 Å². The molecule has 0 aliphatic carbocycles. The molecule has 6 nitrogen and oxygen atoms in total. The molecule has 1 aromatic rings. The Morgan fingerprint density at radius 3 is 2.89 bits per heavy atom. The van der Waals surface area contributed by atoms with Gasteiger partial charge in [0.05, 0.1) is 6.54 Å². The van der Waals surface area contributed by atoms with Gasteiger partial charge >= 0.3 is 0 Å². The molecular weight excluding hydrogens is 232 g/mol. The zero-order valence-electron chi connectivity index (χ0n) is 11.1. The van der Waals surface area contributed by atoms with Crippen LogP contribution in [-0.4, -0.2) is 33.4 Å². The van der Waals surface area contributed by atoms with E-state index in [4.69, 9.17) is 4.74 Å². The molecule has 0 radical (unpaired) electrons. The molecule has 2 rings (SSSR count). The van der Waals surface area contributed by atoms with Crippen LogP contribution in [0, 0.1) is 0 Å². The molecule has 1 amide bonds. The van der Waals surface area contributed by atoms with Gasteiger partial charge in [0.25, 0.3) is 0 Å². The first-order valence-electron chi connectivity index (χ1n) is 6.37. The smallest absolute Gasteiger partial charge is 0.249 e. The molecule has 18 heavy (non-hydrogen) atoms. The summed E-state index contributed by atoms with van der Waals surface area (Å²) < 4.78 is 7.25. The summed E-state index contributed by atoms with van der Waals surface area (Å²) in [7, 11) is 1.92. The van der Waals surface area contributed by atoms with E-state index < -0.39 is 0 Å². The zero-order chi connectivity index (χ0) is 13.1. The van der Waals surface area contributed by atoms with Crippen molar-refractivity contribution in [1.82, 2.24) is 20.1 Å². The number of ether oxygens (including phenoxy) is 1. The van der Waals surface area contributed by atoms with E-state index in [-0.39, 0.29) is 12.0 Å². The van der Waals surface area contributed by atoms with Gasteiger partial charge in [0, 0.05) is 19.6 Å². The second kappa shape index (κ2) is 5.48. The monoisotopic (exact) mass is 252 g/mol.